The number of hydrogen-bond acceptors (Lipinski definition) is 2. The lowest BCUT2D eigenvalue weighted by Gasteiger charge is -2.26. The quantitative estimate of drug-likeness (QED) is 0.693. The molecule has 0 aromatic heterocycles. The Bertz CT molecular complexity index is 202. The fourth-order valence-corrected chi connectivity index (χ4v) is 1.85. The average molecular weight is 228 g/mol. The number of rotatable bonds is 8. The molecule has 0 aliphatic rings. The lowest BCUT2D eigenvalue weighted by atomic mass is 9.84. The normalized spacial score (nSPS) is 11.6. The van der Waals surface area contributed by atoms with Crippen LogP contribution in [-0.2, 0) is 4.79 Å². The summed E-state index contributed by atoms with van der Waals surface area (Å²) in [6.45, 7) is 10.9. The molecule has 0 fully saturated rings. The van der Waals surface area contributed by atoms with Gasteiger partial charge in [0.2, 0.25) is 5.91 Å². The Labute approximate surface area is 100 Å². The molecule has 0 aliphatic carbocycles. The van der Waals surface area contributed by atoms with Crippen LogP contribution in [0.1, 0.15) is 53.4 Å². The molecule has 0 aromatic carbocycles. The number of carbonyl (C=O) groups excluding carboxylic acids is 1. The van der Waals surface area contributed by atoms with Crippen molar-refractivity contribution in [2.45, 2.75) is 53.4 Å². The fourth-order valence-electron chi connectivity index (χ4n) is 1.85. The predicted molar refractivity (Wildman–Crippen MR) is 69.2 cm³/mol. The molecular formula is C13H28N2O. The van der Waals surface area contributed by atoms with E-state index in [2.05, 4.69) is 20.8 Å². The van der Waals surface area contributed by atoms with Gasteiger partial charge in [0.25, 0.3) is 0 Å². The Balaban J connectivity index is 4.04. The van der Waals surface area contributed by atoms with Crippen LogP contribution >= 0.6 is 0 Å². The topological polar surface area (TPSA) is 46.3 Å². The highest BCUT2D eigenvalue weighted by atomic mass is 16.2. The second-order valence-corrected chi connectivity index (χ2v) is 5.18. The summed E-state index contributed by atoms with van der Waals surface area (Å²) in [5.41, 5.74) is 5.75. The Morgan fingerprint density at radius 3 is 2.31 bits per heavy atom. The third kappa shape index (κ3) is 6.11. The molecule has 0 saturated carbocycles. The zero-order valence-corrected chi connectivity index (χ0v) is 11.4. The van der Waals surface area contributed by atoms with E-state index in [1.807, 2.05) is 11.8 Å². The van der Waals surface area contributed by atoms with Crippen molar-refractivity contribution in [2.24, 2.45) is 11.1 Å². The van der Waals surface area contributed by atoms with Crippen LogP contribution in [0.25, 0.3) is 0 Å². The molecule has 3 nitrogen and oxygen atoms in total. The van der Waals surface area contributed by atoms with Crippen molar-refractivity contribution in [2.75, 3.05) is 19.6 Å². The van der Waals surface area contributed by atoms with E-state index in [-0.39, 0.29) is 11.3 Å². The molecule has 0 heterocycles. The number of hydrogen-bond donors (Lipinski definition) is 1. The molecule has 1 amide bonds. The molecule has 0 spiro atoms. The third-order valence-electron chi connectivity index (χ3n) is 3.06. The lowest BCUT2D eigenvalue weighted by molar-refractivity contribution is -0.131. The van der Waals surface area contributed by atoms with E-state index in [0.717, 1.165) is 32.4 Å². The Kier molecular flexibility index (Phi) is 7.39. The van der Waals surface area contributed by atoms with Crippen LogP contribution in [0.2, 0.25) is 0 Å². The van der Waals surface area contributed by atoms with Gasteiger partial charge in [-0.05, 0) is 38.1 Å². The van der Waals surface area contributed by atoms with Crippen molar-refractivity contribution >= 4 is 5.91 Å². The molecular weight excluding hydrogens is 200 g/mol. The second-order valence-electron chi connectivity index (χ2n) is 5.18. The van der Waals surface area contributed by atoms with Gasteiger partial charge in [-0.3, -0.25) is 4.79 Å². The van der Waals surface area contributed by atoms with Crippen LogP contribution in [0.5, 0.6) is 0 Å². The Morgan fingerprint density at radius 1 is 1.25 bits per heavy atom. The summed E-state index contributed by atoms with van der Waals surface area (Å²) < 4.78 is 0. The maximum atomic E-state index is 11.9. The number of carbonyl (C=O) groups is 1. The van der Waals surface area contributed by atoms with E-state index in [0.29, 0.717) is 13.0 Å². The van der Waals surface area contributed by atoms with Gasteiger partial charge in [-0.2, -0.15) is 0 Å². The molecule has 0 atom stereocenters. The van der Waals surface area contributed by atoms with E-state index in [1.54, 1.807) is 0 Å². The van der Waals surface area contributed by atoms with Crippen molar-refractivity contribution in [1.29, 1.82) is 0 Å². The predicted octanol–water partition coefficient (Wildman–Crippen LogP) is 2.40. The van der Waals surface area contributed by atoms with Gasteiger partial charge < -0.3 is 10.6 Å². The van der Waals surface area contributed by atoms with Gasteiger partial charge in [-0.25, -0.2) is 0 Å². The average Bonchev–Trinajstić information content (AvgIpc) is 2.22. The molecule has 16 heavy (non-hydrogen) atoms. The van der Waals surface area contributed by atoms with Crippen molar-refractivity contribution in [3.8, 4) is 0 Å². The minimum Gasteiger partial charge on any atom is -0.343 e. The van der Waals surface area contributed by atoms with Gasteiger partial charge in [0.1, 0.15) is 0 Å². The molecule has 0 aromatic rings. The first kappa shape index (κ1) is 15.4. The van der Waals surface area contributed by atoms with Crippen molar-refractivity contribution in [3.05, 3.63) is 0 Å². The maximum Gasteiger partial charge on any atom is 0.222 e. The van der Waals surface area contributed by atoms with E-state index < -0.39 is 0 Å². The molecule has 0 radical (unpaired) electrons. The summed E-state index contributed by atoms with van der Waals surface area (Å²) in [5.74, 6) is 0.287. The van der Waals surface area contributed by atoms with Crippen molar-refractivity contribution in [1.82, 2.24) is 4.90 Å². The smallest absolute Gasteiger partial charge is 0.222 e. The largest absolute Gasteiger partial charge is 0.343 e. The summed E-state index contributed by atoms with van der Waals surface area (Å²) in [4.78, 5) is 13.9. The molecule has 2 N–H and O–H groups in total. The van der Waals surface area contributed by atoms with E-state index in [4.69, 9.17) is 5.73 Å². The Hall–Kier alpha value is -0.570. The van der Waals surface area contributed by atoms with Crippen molar-refractivity contribution in [3.63, 3.8) is 0 Å². The zero-order chi connectivity index (χ0) is 12.6. The zero-order valence-electron chi connectivity index (χ0n) is 11.4. The van der Waals surface area contributed by atoms with Gasteiger partial charge in [-0.15, -0.1) is 0 Å². The van der Waals surface area contributed by atoms with Gasteiger partial charge >= 0.3 is 0 Å². The van der Waals surface area contributed by atoms with E-state index in [1.165, 1.54) is 0 Å². The lowest BCUT2D eigenvalue weighted by Crippen LogP contribution is -2.32. The highest BCUT2D eigenvalue weighted by molar-refractivity contribution is 5.76. The van der Waals surface area contributed by atoms with Crippen LogP contribution in [-0.4, -0.2) is 30.4 Å². The molecule has 0 saturated heterocycles. The van der Waals surface area contributed by atoms with Crippen LogP contribution < -0.4 is 5.73 Å². The molecule has 0 unspecified atom stereocenters. The van der Waals surface area contributed by atoms with Gasteiger partial charge in [0.15, 0.2) is 0 Å². The van der Waals surface area contributed by atoms with E-state index >= 15 is 0 Å². The molecule has 3 heteroatoms. The number of amides is 1. The summed E-state index contributed by atoms with van der Waals surface area (Å²) in [7, 11) is 0. The standard InChI is InChI=1S/C13H28N2O/c1-5-11-15(6-2)12(16)7-8-13(3,4)9-10-14/h5-11,14H2,1-4H3. The SMILES string of the molecule is CCCN(CC)C(=O)CCC(C)(C)CCN. The third-order valence-corrected chi connectivity index (χ3v) is 3.06. The first-order chi connectivity index (χ1) is 7.46. The number of nitrogens with zero attached hydrogens (tertiary/aromatic N) is 1. The van der Waals surface area contributed by atoms with Crippen LogP contribution in [0.4, 0.5) is 0 Å². The molecule has 0 rings (SSSR count). The summed E-state index contributed by atoms with van der Waals surface area (Å²) in [6.07, 6.45) is 3.61. The fraction of sp³-hybridized carbons (Fsp3) is 0.923. The van der Waals surface area contributed by atoms with Crippen molar-refractivity contribution < 1.29 is 4.79 Å². The minimum absolute atomic E-state index is 0.191. The molecule has 0 aliphatic heterocycles. The van der Waals surface area contributed by atoms with E-state index in [9.17, 15) is 4.79 Å². The van der Waals surface area contributed by atoms with Crippen LogP contribution in [0, 0.1) is 5.41 Å². The van der Waals surface area contributed by atoms with Crippen LogP contribution in [0.3, 0.4) is 0 Å². The van der Waals surface area contributed by atoms with Gasteiger partial charge in [0, 0.05) is 19.5 Å². The number of nitrogens with two attached hydrogens (primary N) is 1. The highest BCUT2D eigenvalue weighted by Gasteiger charge is 2.20. The van der Waals surface area contributed by atoms with Gasteiger partial charge in [0.05, 0.1) is 0 Å². The maximum absolute atomic E-state index is 11.9. The second kappa shape index (κ2) is 7.66. The first-order valence-corrected chi connectivity index (χ1v) is 6.44. The molecule has 96 valence electrons. The monoisotopic (exact) mass is 228 g/mol. The summed E-state index contributed by atoms with van der Waals surface area (Å²) in [6, 6.07) is 0. The first-order valence-electron chi connectivity index (χ1n) is 6.44. The van der Waals surface area contributed by atoms with Crippen LogP contribution in [0.15, 0.2) is 0 Å². The molecule has 0 bridgehead atoms. The van der Waals surface area contributed by atoms with Gasteiger partial charge in [-0.1, -0.05) is 20.8 Å². The Morgan fingerprint density at radius 2 is 1.88 bits per heavy atom. The summed E-state index contributed by atoms with van der Waals surface area (Å²) in [5, 5.41) is 0. The summed E-state index contributed by atoms with van der Waals surface area (Å²) >= 11 is 0. The highest BCUT2D eigenvalue weighted by Crippen LogP contribution is 2.26. The minimum atomic E-state index is 0.191.